The smallest absolute Gasteiger partial charge is 0.318 e. The highest BCUT2D eigenvalue weighted by atomic mass is 19.1. The van der Waals surface area contributed by atoms with E-state index >= 15 is 0 Å². The Morgan fingerprint density at radius 2 is 2.12 bits per heavy atom. The maximum absolute atomic E-state index is 13.0. The largest absolute Gasteiger partial charge is 0.337 e. The van der Waals surface area contributed by atoms with Gasteiger partial charge in [-0.2, -0.15) is 4.98 Å². The van der Waals surface area contributed by atoms with Gasteiger partial charge in [-0.15, -0.1) is 0 Å². The van der Waals surface area contributed by atoms with Crippen molar-refractivity contribution in [2.45, 2.75) is 45.2 Å². The van der Waals surface area contributed by atoms with Crippen molar-refractivity contribution in [1.29, 1.82) is 0 Å². The summed E-state index contributed by atoms with van der Waals surface area (Å²) in [6.07, 6.45) is 3.21. The average Bonchev–Trinajstić information content (AvgIpc) is 3.06. The number of benzene rings is 1. The van der Waals surface area contributed by atoms with Gasteiger partial charge in [-0.05, 0) is 57.4 Å². The van der Waals surface area contributed by atoms with Crippen molar-refractivity contribution in [3.63, 3.8) is 0 Å². The molecule has 24 heavy (non-hydrogen) atoms. The average molecular weight is 332 g/mol. The summed E-state index contributed by atoms with van der Waals surface area (Å²) in [6, 6.07) is 5.58. The number of nitrogens with zero attached hydrogens (tertiary/aromatic N) is 3. The lowest BCUT2D eigenvalue weighted by atomic mass is 10.0. The van der Waals surface area contributed by atoms with Crippen LogP contribution in [0.25, 0.3) is 11.4 Å². The summed E-state index contributed by atoms with van der Waals surface area (Å²) in [5.74, 6) is 0.378. The topological polar surface area (TPSA) is 71.3 Å². The monoisotopic (exact) mass is 332 g/mol. The Hall–Kier alpha value is -2.44. The van der Waals surface area contributed by atoms with Gasteiger partial charge >= 0.3 is 6.03 Å². The standard InChI is InChI=1S/C17H21FN4O2/c1-11-5-3-4-10-22(11)17(23)19-12(2)16-20-15(21-24-16)13-6-8-14(18)9-7-13/h6-9,11-12H,3-5,10H2,1-2H3,(H,19,23). The summed E-state index contributed by atoms with van der Waals surface area (Å²) in [7, 11) is 0. The number of carbonyl (C=O) groups excluding carboxylic acids is 1. The normalized spacial score (nSPS) is 19.1. The van der Waals surface area contributed by atoms with Crippen LogP contribution >= 0.6 is 0 Å². The van der Waals surface area contributed by atoms with Gasteiger partial charge in [0.15, 0.2) is 0 Å². The zero-order valence-electron chi connectivity index (χ0n) is 13.8. The Labute approximate surface area is 140 Å². The van der Waals surface area contributed by atoms with Crippen LogP contribution in [0.4, 0.5) is 9.18 Å². The van der Waals surface area contributed by atoms with Gasteiger partial charge in [-0.25, -0.2) is 9.18 Å². The number of rotatable bonds is 3. The van der Waals surface area contributed by atoms with Gasteiger partial charge in [0.05, 0.1) is 0 Å². The summed E-state index contributed by atoms with van der Waals surface area (Å²) < 4.78 is 18.2. The Bertz CT molecular complexity index is 701. The molecule has 2 atom stereocenters. The molecule has 1 aliphatic rings. The van der Waals surface area contributed by atoms with Gasteiger partial charge in [0.2, 0.25) is 11.7 Å². The van der Waals surface area contributed by atoms with Crippen molar-refractivity contribution in [2.24, 2.45) is 0 Å². The number of urea groups is 1. The molecular formula is C17H21FN4O2. The number of halogens is 1. The van der Waals surface area contributed by atoms with Crippen LogP contribution in [-0.4, -0.2) is 33.7 Å². The molecule has 2 aromatic rings. The third-order valence-corrected chi connectivity index (χ3v) is 4.32. The van der Waals surface area contributed by atoms with Crippen LogP contribution in [0.3, 0.4) is 0 Å². The van der Waals surface area contributed by atoms with Gasteiger partial charge < -0.3 is 14.7 Å². The van der Waals surface area contributed by atoms with Gasteiger partial charge in [0.1, 0.15) is 11.9 Å². The van der Waals surface area contributed by atoms with Crippen LogP contribution in [0.2, 0.25) is 0 Å². The number of carbonyl (C=O) groups is 1. The predicted molar refractivity (Wildman–Crippen MR) is 86.7 cm³/mol. The quantitative estimate of drug-likeness (QED) is 0.933. The minimum atomic E-state index is -0.395. The third-order valence-electron chi connectivity index (χ3n) is 4.32. The minimum Gasteiger partial charge on any atom is -0.337 e. The molecule has 2 amide bonds. The van der Waals surface area contributed by atoms with Crippen molar-refractivity contribution in [3.8, 4) is 11.4 Å². The first-order chi connectivity index (χ1) is 11.5. The first kappa shape index (κ1) is 16.4. The van der Waals surface area contributed by atoms with Gasteiger partial charge in [-0.1, -0.05) is 5.16 Å². The van der Waals surface area contributed by atoms with Crippen molar-refractivity contribution < 1.29 is 13.7 Å². The fourth-order valence-electron chi connectivity index (χ4n) is 2.86. The molecule has 0 aliphatic carbocycles. The molecule has 6 nitrogen and oxygen atoms in total. The maximum atomic E-state index is 13.0. The lowest BCUT2D eigenvalue weighted by Crippen LogP contribution is -2.48. The van der Waals surface area contributed by atoms with Crippen LogP contribution in [0, 0.1) is 5.82 Å². The number of hydrogen-bond acceptors (Lipinski definition) is 4. The van der Waals surface area contributed by atoms with E-state index in [1.54, 1.807) is 19.1 Å². The molecular weight excluding hydrogens is 311 g/mol. The van der Waals surface area contributed by atoms with E-state index in [-0.39, 0.29) is 17.9 Å². The lowest BCUT2D eigenvalue weighted by molar-refractivity contribution is 0.153. The number of aromatic nitrogens is 2. The number of nitrogens with one attached hydrogen (secondary N) is 1. The molecule has 0 saturated carbocycles. The summed E-state index contributed by atoms with van der Waals surface area (Å²) in [6.45, 7) is 4.63. The summed E-state index contributed by atoms with van der Waals surface area (Å²) in [4.78, 5) is 18.5. The Balaban J connectivity index is 1.66. The zero-order valence-corrected chi connectivity index (χ0v) is 13.8. The molecule has 128 valence electrons. The van der Waals surface area contributed by atoms with E-state index in [9.17, 15) is 9.18 Å². The highest BCUT2D eigenvalue weighted by Gasteiger charge is 2.25. The van der Waals surface area contributed by atoms with Gasteiger partial charge in [-0.3, -0.25) is 0 Å². The summed E-state index contributed by atoms with van der Waals surface area (Å²) in [5, 5.41) is 6.80. The van der Waals surface area contributed by atoms with Crippen LogP contribution in [-0.2, 0) is 0 Å². The first-order valence-electron chi connectivity index (χ1n) is 8.21. The molecule has 1 aromatic heterocycles. The molecule has 0 radical (unpaired) electrons. The second-order valence-corrected chi connectivity index (χ2v) is 6.17. The molecule has 7 heteroatoms. The minimum absolute atomic E-state index is 0.115. The second kappa shape index (κ2) is 6.98. The molecule has 1 aliphatic heterocycles. The molecule has 0 bridgehead atoms. The highest BCUT2D eigenvalue weighted by Crippen LogP contribution is 2.20. The van der Waals surface area contributed by atoms with E-state index in [1.165, 1.54) is 12.1 Å². The predicted octanol–water partition coefficient (Wildman–Crippen LogP) is 3.52. The van der Waals surface area contributed by atoms with Crippen LogP contribution in [0.1, 0.15) is 45.0 Å². The Morgan fingerprint density at radius 1 is 1.38 bits per heavy atom. The number of piperidine rings is 1. The molecule has 2 heterocycles. The molecule has 3 rings (SSSR count). The molecule has 1 N–H and O–H groups in total. The second-order valence-electron chi connectivity index (χ2n) is 6.17. The molecule has 1 fully saturated rings. The van der Waals surface area contributed by atoms with Crippen molar-refractivity contribution >= 4 is 6.03 Å². The van der Waals surface area contributed by atoms with E-state index < -0.39 is 6.04 Å². The summed E-state index contributed by atoms with van der Waals surface area (Å²) >= 11 is 0. The molecule has 0 spiro atoms. The number of amides is 2. The van der Waals surface area contributed by atoms with Crippen LogP contribution in [0.5, 0.6) is 0 Å². The number of likely N-dealkylation sites (tertiary alicyclic amines) is 1. The maximum Gasteiger partial charge on any atom is 0.318 e. The fraction of sp³-hybridized carbons (Fsp3) is 0.471. The third kappa shape index (κ3) is 3.55. The van der Waals surface area contributed by atoms with Crippen LogP contribution in [0.15, 0.2) is 28.8 Å². The van der Waals surface area contributed by atoms with E-state index in [4.69, 9.17) is 4.52 Å². The van der Waals surface area contributed by atoms with E-state index in [0.29, 0.717) is 17.3 Å². The Morgan fingerprint density at radius 3 is 2.83 bits per heavy atom. The van der Waals surface area contributed by atoms with Crippen molar-refractivity contribution in [3.05, 3.63) is 36.0 Å². The SMILES string of the molecule is CC(NC(=O)N1CCCCC1C)c1nc(-c2ccc(F)cc2)no1. The van der Waals surface area contributed by atoms with E-state index in [0.717, 1.165) is 25.8 Å². The molecule has 2 unspecified atom stereocenters. The highest BCUT2D eigenvalue weighted by molar-refractivity contribution is 5.75. The first-order valence-corrected chi connectivity index (χ1v) is 8.21. The molecule has 1 aromatic carbocycles. The molecule has 1 saturated heterocycles. The van der Waals surface area contributed by atoms with Gasteiger partial charge in [0.25, 0.3) is 0 Å². The van der Waals surface area contributed by atoms with E-state index in [1.807, 2.05) is 4.90 Å². The lowest BCUT2D eigenvalue weighted by Gasteiger charge is -2.33. The number of hydrogen-bond donors (Lipinski definition) is 1. The van der Waals surface area contributed by atoms with Gasteiger partial charge in [0, 0.05) is 18.2 Å². The summed E-state index contributed by atoms with van der Waals surface area (Å²) in [5.41, 5.74) is 0.662. The Kier molecular flexibility index (Phi) is 4.78. The zero-order chi connectivity index (χ0) is 17.1. The van der Waals surface area contributed by atoms with Crippen molar-refractivity contribution in [2.75, 3.05) is 6.54 Å². The van der Waals surface area contributed by atoms with Crippen molar-refractivity contribution in [1.82, 2.24) is 20.4 Å². The fourth-order valence-corrected chi connectivity index (χ4v) is 2.86. The van der Waals surface area contributed by atoms with Crippen LogP contribution < -0.4 is 5.32 Å². The van der Waals surface area contributed by atoms with E-state index in [2.05, 4.69) is 22.4 Å².